The molecule has 0 bridgehead atoms. The van der Waals surface area contributed by atoms with Gasteiger partial charge in [0.2, 0.25) is 0 Å². The Balaban J connectivity index is 2.68. The number of aliphatic hydroxyl groups excluding tert-OH is 1. The van der Waals surface area contributed by atoms with Gasteiger partial charge in [-0.25, -0.2) is 0 Å². The van der Waals surface area contributed by atoms with Gasteiger partial charge in [0, 0.05) is 13.1 Å². The molecule has 0 aliphatic heterocycles. The van der Waals surface area contributed by atoms with Crippen LogP contribution in [0.15, 0.2) is 12.1 Å². The first-order valence-corrected chi connectivity index (χ1v) is 5.71. The molecule has 1 rings (SSSR count). The molecule has 0 unspecified atom stereocenters. The summed E-state index contributed by atoms with van der Waals surface area (Å²) in [6.07, 6.45) is -0.371. The molecular formula is C11H15Cl2NO2. The highest BCUT2D eigenvalue weighted by atomic mass is 35.5. The van der Waals surface area contributed by atoms with Crippen LogP contribution >= 0.6 is 23.2 Å². The van der Waals surface area contributed by atoms with Crippen molar-refractivity contribution in [2.45, 2.75) is 19.6 Å². The number of benzene rings is 1. The van der Waals surface area contributed by atoms with Crippen LogP contribution in [-0.4, -0.2) is 24.9 Å². The van der Waals surface area contributed by atoms with E-state index in [1.165, 1.54) is 7.11 Å². The quantitative estimate of drug-likeness (QED) is 0.858. The molecule has 0 spiro atoms. The summed E-state index contributed by atoms with van der Waals surface area (Å²) in [5.74, 6) is 0.489. The summed E-state index contributed by atoms with van der Waals surface area (Å²) in [6.45, 7) is 2.86. The third-order valence-corrected chi connectivity index (χ3v) is 2.59. The van der Waals surface area contributed by atoms with Gasteiger partial charge < -0.3 is 15.2 Å². The van der Waals surface area contributed by atoms with E-state index in [-0.39, 0.29) is 6.10 Å². The van der Waals surface area contributed by atoms with Crippen molar-refractivity contribution in [3.8, 4) is 5.75 Å². The van der Waals surface area contributed by atoms with E-state index in [4.69, 9.17) is 33.0 Å². The van der Waals surface area contributed by atoms with Crippen LogP contribution in [0.5, 0.6) is 5.75 Å². The summed E-state index contributed by atoms with van der Waals surface area (Å²) < 4.78 is 5.05. The second kappa shape index (κ2) is 6.30. The van der Waals surface area contributed by atoms with Crippen LogP contribution in [0.4, 0.5) is 0 Å². The van der Waals surface area contributed by atoms with Crippen molar-refractivity contribution in [2.75, 3.05) is 13.7 Å². The molecule has 0 saturated carbocycles. The van der Waals surface area contributed by atoms with Crippen molar-refractivity contribution in [1.29, 1.82) is 0 Å². The molecule has 0 amide bonds. The molecule has 0 saturated heterocycles. The third kappa shape index (κ3) is 3.83. The summed E-state index contributed by atoms with van der Waals surface area (Å²) in [5, 5.41) is 13.2. The average molecular weight is 264 g/mol. The summed E-state index contributed by atoms with van der Waals surface area (Å²) in [4.78, 5) is 0. The Morgan fingerprint density at radius 1 is 1.38 bits per heavy atom. The lowest BCUT2D eigenvalue weighted by Crippen LogP contribution is -2.23. The average Bonchev–Trinajstić information content (AvgIpc) is 2.16. The lowest BCUT2D eigenvalue weighted by atomic mass is 10.2. The summed E-state index contributed by atoms with van der Waals surface area (Å²) >= 11 is 12.0. The first kappa shape index (κ1) is 13.6. The maximum absolute atomic E-state index is 9.09. The molecule has 0 aliphatic rings. The number of hydrogen-bond acceptors (Lipinski definition) is 3. The number of aliphatic hydroxyl groups is 1. The number of rotatable bonds is 5. The zero-order chi connectivity index (χ0) is 12.1. The molecule has 1 aromatic rings. The summed E-state index contributed by atoms with van der Waals surface area (Å²) in [6, 6.07) is 3.59. The van der Waals surface area contributed by atoms with E-state index in [0.717, 1.165) is 5.56 Å². The Kier molecular flexibility index (Phi) is 5.35. The number of halogens is 2. The number of ether oxygens (including phenoxy) is 1. The van der Waals surface area contributed by atoms with Gasteiger partial charge >= 0.3 is 0 Å². The van der Waals surface area contributed by atoms with Crippen molar-refractivity contribution < 1.29 is 9.84 Å². The smallest absolute Gasteiger partial charge is 0.156 e. The van der Waals surface area contributed by atoms with E-state index in [1.54, 1.807) is 19.1 Å². The van der Waals surface area contributed by atoms with Crippen molar-refractivity contribution >= 4 is 23.2 Å². The Labute approximate surface area is 105 Å². The molecule has 0 heterocycles. The number of nitrogens with one attached hydrogen (secondary N) is 1. The lowest BCUT2D eigenvalue weighted by molar-refractivity contribution is 0.191. The Morgan fingerprint density at radius 3 is 2.38 bits per heavy atom. The zero-order valence-electron chi connectivity index (χ0n) is 9.26. The first-order valence-electron chi connectivity index (χ1n) is 4.95. The Morgan fingerprint density at radius 2 is 1.94 bits per heavy atom. The standard InChI is InChI=1S/C11H15Cl2NO2/c1-7(15)5-14-6-8-3-9(12)11(16-2)10(13)4-8/h3-4,7,14-15H,5-6H2,1-2H3/t7-/m0/s1. The van der Waals surface area contributed by atoms with Gasteiger partial charge in [-0.3, -0.25) is 0 Å². The molecule has 1 aromatic carbocycles. The maximum atomic E-state index is 9.09. The monoisotopic (exact) mass is 263 g/mol. The van der Waals surface area contributed by atoms with Crippen LogP contribution < -0.4 is 10.1 Å². The lowest BCUT2D eigenvalue weighted by Gasteiger charge is -2.10. The minimum atomic E-state index is -0.371. The maximum Gasteiger partial charge on any atom is 0.156 e. The molecule has 0 fully saturated rings. The SMILES string of the molecule is COc1c(Cl)cc(CNC[C@H](C)O)cc1Cl. The van der Waals surface area contributed by atoms with Gasteiger partial charge in [0.1, 0.15) is 0 Å². The highest BCUT2D eigenvalue weighted by Gasteiger charge is 2.08. The molecule has 3 nitrogen and oxygen atoms in total. The Hall–Kier alpha value is -0.480. The minimum absolute atomic E-state index is 0.371. The fraction of sp³-hybridized carbons (Fsp3) is 0.455. The fourth-order valence-electron chi connectivity index (χ4n) is 1.33. The molecule has 2 N–H and O–H groups in total. The van der Waals surface area contributed by atoms with Gasteiger partial charge in [0.25, 0.3) is 0 Å². The van der Waals surface area contributed by atoms with Gasteiger partial charge in [0.15, 0.2) is 5.75 Å². The van der Waals surface area contributed by atoms with Crippen molar-refractivity contribution in [3.05, 3.63) is 27.7 Å². The molecular weight excluding hydrogens is 249 g/mol. The minimum Gasteiger partial charge on any atom is -0.494 e. The van der Waals surface area contributed by atoms with Crippen LogP contribution in [0.2, 0.25) is 10.0 Å². The second-order valence-corrected chi connectivity index (χ2v) is 4.39. The van der Waals surface area contributed by atoms with Gasteiger partial charge in [-0.15, -0.1) is 0 Å². The van der Waals surface area contributed by atoms with Gasteiger partial charge in [0.05, 0.1) is 23.3 Å². The van der Waals surface area contributed by atoms with Crippen LogP contribution in [-0.2, 0) is 6.54 Å². The molecule has 1 atom stereocenters. The normalized spacial score (nSPS) is 12.6. The number of hydrogen-bond donors (Lipinski definition) is 2. The van der Waals surface area contributed by atoms with Crippen LogP contribution in [0.25, 0.3) is 0 Å². The highest BCUT2D eigenvalue weighted by molar-refractivity contribution is 6.37. The van der Waals surface area contributed by atoms with Crippen LogP contribution in [0, 0.1) is 0 Å². The van der Waals surface area contributed by atoms with Gasteiger partial charge in [-0.05, 0) is 24.6 Å². The zero-order valence-corrected chi connectivity index (χ0v) is 10.8. The molecule has 90 valence electrons. The third-order valence-electron chi connectivity index (χ3n) is 2.03. The van der Waals surface area contributed by atoms with E-state index < -0.39 is 0 Å². The predicted octanol–water partition coefficient (Wildman–Crippen LogP) is 2.47. The second-order valence-electron chi connectivity index (χ2n) is 3.57. The van der Waals surface area contributed by atoms with Crippen molar-refractivity contribution in [2.24, 2.45) is 0 Å². The summed E-state index contributed by atoms with van der Waals surface area (Å²) in [5.41, 5.74) is 0.955. The molecule has 5 heteroatoms. The molecule has 0 aromatic heterocycles. The van der Waals surface area contributed by atoms with Crippen LogP contribution in [0.1, 0.15) is 12.5 Å². The van der Waals surface area contributed by atoms with E-state index in [1.807, 2.05) is 0 Å². The topological polar surface area (TPSA) is 41.5 Å². The Bertz CT molecular complexity index is 333. The highest BCUT2D eigenvalue weighted by Crippen LogP contribution is 2.33. The van der Waals surface area contributed by atoms with E-state index in [9.17, 15) is 0 Å². The number of methoxy groups -OCH3 is 1. The van der Waals surface area contributed by atoms with E-state index >= 15 is 0 Å². The van der Waals surface area contributed by atoms with Gasteiger partial charge in [-0.2, -0.15) is 0 Å². The molecule has 0 radical (unpaired) electrons. The predicted molar refractivity (Wildman–Crippen MR) is 66.4 cm³/mol. The van der Waals surface area contributed by atoms with Gasteiger partial charge in [-0.1, -0.05) is 23.2 Å². The van der Waals surface area contributed by atoms with E-state index in [2.05, 4.69) is 5.32 Å². The molecule has 0 aliphatic carbocycles. The molecule has 16 heavy (non-hydrogen) atoms. The largest absolute Gasteiger partial charge is 0.494 e. The van der Waals surface area contributed by atoms with E-state index in [0.29, 0.717) is 28.9 Å². The van der Waals surface area contributed by atoms with Crippen molar-refractivity contribution in [3.63, 3.8) is 0 Å². The fourth-order valence-corrected chi connectivity index (χ4v) is 2.02. The first-order chi connectivity index (χ1) is 7.54. The van der Waals surface area contributed by atoms with Crippen molar-refractivity contribution in [1.82, 2.24) is 5.32 Å². The van der Waals surface area contributed by atoms with Crippen LogP contribution in [0.3, 0.4) is 0 Å². The summed E-state index contributed by atoms with van der Waals surface area (Å²) in [7, 11) is 1.53.